The Morgan fingerprint density at radius 2 is 1.78 bits per heavy atom. The Balaban J connectivity index is 1.82. The normalized spacial score (nSPS) is 25.9. The molecule has 3 heteroatoms. The van der Waals surface area contributed by atoms with Gasteiger partial charge in [0.15, 0.2) is 0 Å². The van der Waals surface area contributed by atoms with Gasteiger partial charge in [0.05, 0.1) is 12.7 Å². The summed E-state index contributed by atoms with van der Waals surface area (Å²) in [7, 11) is 0. The lowest BCUT2D eigenvalue weighted by Gasteiger charge is -2.29. The van der Waals surface area contributed by atoms with Crippen molar-refractivity contribution in [3.8, 4) is 0 Å². The van der Waals surface area contributed by atoms with Gasteiger partial charge in [0.2, 0.25) is 0 Å². The molecule has 100 valence electrons. The van der Waals surface area contributed by atoms with Crippen LogP contribution in [0.1, 0.15) is 31.2 Å². The van der Waals surface area contributed by atoms with Crippen LogP contribution in [0, 0.1) is 0 Å². The summed E-state index contributed by atoms with van der Waals surface area (Å²) < 4.78 is 0. The third kappa shape index (κ3) is 4.09. The monoisotopic (exact) mass is 249 g/mol. The fourth-order valence-corrected chi connectivity index (χ4v) is 2.65. The Kier molecular flexibility index (Phi) is 5.17. The van der Waals surface area contributed by atoms with Crippen molar-refractivity contribution in [1.29, 1.82) is 0 Å². The first-order chi connectivity index (χ1) is 8.78. The lowest BCUT2D eigenvalue weighted by Crippen LogP contribution is -2.44. The molecule has 0 radical (unpaired) electrons. The van der Waals surface area contributed by atoms with Gasteiger partial charge in [-0.3, -0.25) is 0 Å². The summed E-state index contributed by atoms with van der Waals surface area (Å²) in [5.41, 5.74) is 1.25. The van der Waals surface area contributed by atoms with E-state index in [2.05, 4.69) is 17.4 Å². The number of hydrogen-bond acceptors (Lipinski definition) is 3. The first-order valence-corrected chi connectivity index (χ1v) is 6.87. The lowest BCUT2D eigenvalue weighted by atomic mass is 9.92. The Bertz CT molecular complexity index is 334. The number of aliphatic hydroxyl groups is 2. The van der Waals surface area contributed by atoms with E-state index in [9.17, 15) is 10.2 Å². The van der Waals surface area contributed by atoms with Crippen LogP contribution in [0.2, 0.25) is 0 Å². The summed E-state index contributed by atoms with van der Waals surface area (Å²) in [5.74, 6) is 0. The van der Waals surface area contributed by atoms with Gasteiger partial charge in [0, 0.05) is 12.1 Å². The molecular weight excluding hydrogens is 226 g/mol. The third-order valence-electron chi connectivity index (χ3n) is 3.71. The summed E-state index contributed by atoms with van der Waals surface area (Å²) in [5, 5.41) is 22.4. The van der Waals surface area contributed by atoms with E-state index < -0.39 is 0 Å². The van der Waals surface area contributed by atoms with Crippen LogP contribution in [0.3, 0.4) is 0 Å². The van der Waals surface area contributed by atoms with Gasteiger partial charge in [-0.1, -0.05) is 30.3 Å². The maximum atomic E-state index is 9.48. The molecule has 2 rings (SSSR count). The zero-order valence-electron chi connectivity index (χ0n) is 10.8. The van der Waals surface area contributed by atoms with Crippen molar-refractivity contribution in [3.05, 3.63) is 35.9 Å². The Morgan fingerprint density at radius 1 is 1.11 bits per heavy atom. The highest BCUT2D eigenvalue weighted by Gasteiger charge is 2.21. The fourth-order valence-electron chi connectivity index (χ4n) is 2.65. The summed E-state index contributed by atoms with van der Waals surface area (Å²) in [6.45, 7) is 0.161. The van der Waals surface area contributed by atoms with Crippen molar-refractivity contribution in [2.24, 2.45) is 0 Å². The molecule has 0 heterocycles. The van der Waals surface area contributed by atoms with E-state index in [4.69, 9.17) is 0 Å². The molecule has 0 bridgehead atoms. The standard InChI is InChI=1S/C15H23NO2/c17-11-14(10-12-4-2-1-3-5-12)16-13-6-8-15(18)9-7-13/h1-5,13-18H,6-11H2/t13?,14-,15?/m0/s1. The number of hydrogen-bond donors (Lipinski definition) is 3. The molecule has 3 N–H and O–H groups in total. The molecule has 1 fully saturated rings. The first kappa shape index (κ1) is 13.5. The molecule has 1 aromatic carbocycles. The number of nitrogens with one attached hydrogen (secondary N) is 1. The molecule has 1 aromatic rings. The summed E-state index contributed by atoms with van der Waals surface area (Å²) in [6, 6.07) is 10.8. The second kappa shape index (κ2) is 6.88. The van der Waals surface area contributed by atoms with Crippen molar-refractivity contribution >= 4 is 0 Å². The molecule has 1 aliphatic rings. The first-order valence-electron chi connectivity index (χ1n) is 6.87. The number of rotatable bonds is 5. The van der Waals surface area contributed by atoms with E-state index in [0.29, 0.717) is 6.04 Å². The molecule has 18 heavy (non-hydrogen) atoms. The molecule has 0 unspecified atom stereocenters. The maximum absolute atomic E-state index is 9.48. The molecule has 0 aromatic heterocycles. The third-order valence-corrected chi connectivity index (χ3v) is 3.71. The van der Waals surface area contributed by atoms with Crippen molar-refractivity contribution in [2.45, 2.75) is 50.3 Å². The van der Waals surface area contributed by atoms with Crippen LogP contribution >= 0.6 is 0 Å². The smallest absolute Gasteiger partial charge is 0.0587 e. The van der Waals surface area contributed by atoms with Crippen LogP contribution < -0.4 is 5.32 Å². The zero-order chi connectivity index (χ0) is 12.8. The molecule has 3 nitrogen and oxygen atoms in total. The molecule has 0 spiro atoms. The van der Waals surface area contributed by atoms with Gasteiger partial charge in [-0.05, 0) is 37.7 Å². The molecule has 1 aliphatic carbocycles. The van der Waals surface area contributed by atoms with Gasteiger partial charge in [-0.25, -0.2) is 0 Å². The Labute approximate surface area is 109 Å². The quantitative estimate of drug-likeness (QED) is 0.741. The van der Waals surface area contributed by atoms with E-state index >= 15 is 0 Å². The molecule has 0 amide bonds. The van der Waals surface area contributed by atoms with E-state index in [1.54, 1.807) is 0 Å². The Hall–Kier alpha value is -0.900. The summed E-state index contributed by atoms with van der Waals surface area (Å²) in [6.07, 6.45) is 4.50. The van der Waals surface area contributed by atoms with Gasteiger partial charge in [-0.2, -0.15) is 0 Å². The van der Waals surface area contributed by atoms with Gasteiger partial charge >= 0.3 is 0 Å². The number of aliphatic hydroxyl groups excluding tert-OH is 2. The summed E-state index contributed by atoms with van der Waals surface area (Å²) in [4.78, 5) is 0. The molecule has 0 aliphatic heterocycles. The SMILES string of the molecule is OC[C@H](Cc1ccccc1)NC1CCC(O)CC1. The van der Waals surface area contributed by atoms with E-state index in [0.717, 1.165) is 32.1 Å². The second-order valence-corrected chi connectivity index (χ2v) is 5.24. The maximum Gasteiger partial charge on any atom is 0.0587 e. The zero-order valence-corrected chi connectivity index (χ0v) is 10.8. The topological polar surface area (TPSA) is 52.5 Å². The Morgan fingerprint density at radius 3 is 2.39 bits per heavy atom. The van der Waals surface area contributed by atoms with Crippen molar-refractivity contribution in [1.82, 2.24) is 5.32 Å². The molecular formula is C15H23NO2. The van der Waals surface area contributed by atoms with Crippen LogP contribution in [-0.4, -0.2) is 35.0 Å². The van der Waals surface area contributed by atoms with Gasteiger partial charge in [0.1, 0.15) is 0 Å². The fraction of sp³-hybridized carbons (Fsp3) is 0.600. The van der Waals surface area contributed by atoms with Crippen LogP contribution in [0.15, 0.2) is 30.3 Å². The van der Waals surface area contributed by atoms with Crippen molar-refractivity contribution in [3.63, 3.8) is 0 Å². The summed E-state index contributed by atoms with van der Waals surface area (Å²) >= 11 is 0. The molecule has 1 atom stereocenters. The number of benzene rings is 1. The second-order valence-electron chi connectivity index (χ2n) is 5.24. The van der Waals surface area contributed by atoms with Crippen molar-refractivity contribution < 1.29 is 10.2 Å². The predicted molar refractivity (Wildman–Crippen MR) is 72.4 cm³/mol. The highest BCUT2D eigenvalue weighted by Crippen LogP contribution is 2.19. The van der Waals surface area contributed by atoms with Crippen molar-refractivity contribution in [2.75, 3.05) is 6.61 Å². The predicted octanol–water partition coefficient (Wildman–Crippen LogP) is 1.48. The average molecular weight is 249 g/mol. The van der Waals surface area contributed by atoms with Crippen LogP contribution in [0.5, 0.6) is 0 Å². The largest absolute Gasteiger partial charge is 0.395 e. The van der Waals surface area contributed by atoms with E-state index in [-0.39, 0.29) is 18.8 Å². The molecule has 0 saturated heterocycles. The van der Waals surface area contributed by atoms with Gasteiger partial charge in [-0.15, -0.1) is 0 Å². The lowest BCUT2D eigenvalue weighted by molar-refractivity contribution is 0.110. The van der Waals surface area contributed by atoms with E-state index in [1.807, 2.05) is 18.2 Å². The van der Waals surface area contributed by atoms with Gasteiger partial charge < -0.3 is 15.5 Å². The highest BCUT2D eigenvalue weighted by molar-refractivity contribution is 5.16. The minimum absolute atomic E-state index is 0.118. The van der Waals surface area contributed by atoms with Crippen LogP contribution in [0.25, 0.3) is 0 Å². The minimum atomic E-state index is -0.121. The van der Waals surface area contributed by atoms with Gasteiger partial charge in [0.25, 0.3) is 0 Å². The van der Waals surface area contributed by atoms with Crippen LogP contribution in [-0.2, 0) is 6.42 Å². The molecule has 1 saturated carbocycles. The van der Waals surface area contributed by atoms with Crippen LogP contribution in [0.4, 0.5) is 0 Å². The van der Waals surface area contributed by atoms with E-state index in [1.165, 1.54) is 5.56 Å². The highest BCUT2D eigenvalue weighted by atomic mass is 16.3. The minimum Gasteiger partial charge on any atom is -0.395 e. The average Bonchev–Trinajstić information content (AvgIpc) is 2.41.